The number of rotatable bonds is 34. The molecule has 0 spiro atoms. The first-order valence-electron chi connectivity index (χ1n) is 19.3. The van der Waals surface area contributed by atoms with Crippen molar-refractivity contribution in [1.82, 2.24) is 10.6 Å². The van der Waals surface area contributed by atoms with Crippen LogP contribution in [-0.2, 0) is 28.8 Å². The summed E-state index contributed by atoms with van der Waals surface area (Å²) in [6, 6.07) is 0. The fraction of sp³-hybridized carbons (Fsp3) is 0.737. The molecule has 0 saturated heterocycles. The van der Waals surface area contributed by atoms with Gasteiger partial charge in [-0.2, -0.15) is 0 Å². The zero-order valence-electron chi connectivity index (χ0n) is 33.4. The smallest absolute Gasteiger partial charge is 0.550 e. The summed E-state index contributed by atoms with van der Waals surface area (Å²) in [7, 11) is 0. The number of aliphatic hydroxyl groups is 2. The Morgan fingerprint density at radius 2 is 0.855 bits per heavy atom. The largest absolute Gasteiger partial charge is 2.00 e. The van der Waals surface area contributed by atoms with Crippen LogP contribution in [0.1, 0.15) is 104 Å². The monoisotopic (exact) mass is 812 g/mol. The van der Waals surface area contributed by atoms with Gasteiger partial charge in [0, 0.05) is 37.6 Å². The van der Waals surface area contributed by atoms with Crippen LogP contribution in [0.5, 0.6) is 0 Å². The zero-order chi connectivity index (χ0) is 41.1. The van der Waals surface area contributed by atoms with E-state index in [-0.39, 0.29) is 88.4 Å². The molecule has 0 saturated carbocycles. The van der Waals surface area contributed by atoms with Crippen molar-refractivity contribution in [1.29, 1.82) is 0 Å². The van der Waals surface area contributed by atoms with Gasteiger partial charge in [-0.3, -0.25) is 19.2 Å². The second-order valence-electron chi connectivity index (χ2n) is 13.5. The van der Waals surface area contributed by atoms with Gasteiger partial charge in [-0.15, -0.1) is 0 Å². The van der Waals surface area contributed by atoms with Gasteiger partial charge < -0.3 is 59.8 Å². The fourth-order valence-electron chi connectivity index (χ4n) is 5.99. The molecule has 0 aromatic heterocycles. The number of nitrogens with one attached hydrogen (secondary N) is 2. The van der Waals surface area contributed by atoms with E-state index >= 15 is 0 Å². The minimum atomic E-state index is -1.13. The Bertz CT molecular complexity index is 1010. The minimum Gasteiger partial charge on any atom is -0.550 e. The third-order valence-electron chi connectivity index (χ3n) is 8.98. The van der Waals surface area contributed by atoms with Crippen LogP contribution in [0.2, 0.25) is 0 Å². The number of aliphatic hydroxyl groups excluding tert-OH is 2. The van der Waals surface area contributed by atoms with E-state index in [9.17, 15) is 49.2 Å². The quantitative estimate of drug-likeness (QED) is 0.0213. The average Bonchev–Trinajstić information content (AvgIpc) is 3.08. The summed E-state index contributed by atoms with van der Waals surface area (Å²) in [6.45, 7) is 8.45. The van der Waals surface area contributed by atoms with Crippen LogP contribution in [0.4, 0.5) is 0 Å². The van der Waals surface area contributed by atoms with Crippen molar-refractivity contribution >= 4 is 73.4 Å². The number of carbonyl (C=O) groups excluding carboxylic acids is 4. The predicted molar refractivity (Wildman–Crippen MR) is 205 cm³/mol. The van der Waals surface area contributed by atoms with Gasteiger partial charge in [-0.05, 0) is 37.8 Å². The molecular weight excluding hydrogens is 745 g/mol. The van der Waals surface area contributed by atoms with Gasteiger partial charge in [0.15, 0.2) is 0 Å². The number of aliphatic carboxylic acids is 4. The van der Waals surface area contributed by atoms with Crippen LogP contribution in [0.15, 0.2) is 24.3 Å². The molecule has 6 N–H and O–H groups in total. The molecule has 2 amide bonds. The van der Waals surface area contributed by atoms with Crippen molar-refractivity contribution in [3.05, 3.63) is 24.3 Å². The van der Waals surface area contributed by atoms with Gasteiger partial charge in [0.25, 0.3) is 0 Å². The Morgan fingerprint density at radius 1 is 0.527 bits per heavy atom. The van der Waals surface area contributed by atoms with Crippen LogP contribution in [0.25, 0.3) is 0 Å². The molecule has 312 valence electrons. The summed E-state index contributed by atoms with van der Waals surface area (Å²) in [5, 5.41) is 63.6. The van der Waals surface area contributed by atoms with Crippen molar-refractivity contribution in [3.8, 4) is 0 Å². The molecule has 0 radical (unpaired) electrons. The number of nitrogens with zero attached hydrogens (tertiary/aromatic N) is 2. The minimum absolute atomic E-state index is 0. The van der Waals surface area contributed by atoms with Crippen molar-refractivity contribution in [3.63, 3.8) is 0 Å². The van der Waals surface area contributed by atoms with E-state index < -0.39 is 23.9 Å². The molecule has 0 rings (SSSR count). The van der Waals surface area contributed by atoms with E-state index in [4.69, 9.17) is 10.2 Å². The van der Waals surface area contributed by atoms with Gasteiger partial charge in [0.2, 0.25) is 11.8 Å². The van der Waals surface area contributed by atoms with Crippen LogP contribution in [-0.4, -0.2) is 181 Å². The second-order valence-corrected chi connectivity index (χ2v) is 13.5. The maximum atomic E-state index is 11.8. The third-order valence-corrected chi connectivity index (χ3v) is 8.98. The standard InChI is InChI=1S/2C19H34N2O6.Ca/c2*1-2-3-4-5-8-17(23)20-11-14-21(15-16-22,12-6-9-18(24)25)13-7-10-19(26)27;/h2*5,8,22H,2-4,6-7,9-16H2,1H3,(H2-,20,23,24,25,26,27);/q;;+2/b2*8-5+;. The van der Waals surface area contributed by atoms with Crippen molar-refractivity contribution in [2.75, 3.05) is 78.7 Å². The molecule has 0 aromatic rings. The summed E-state index contributed by atoms with van der Waals surface area (Å²) < 4.78 is 0.744. The van der Waals surface area contributed by atoms with E-state index in [1.54, 1.807) is 0 Å². The van der Waals surface area contributed by atoms with Crippen molar-refractivity contribution < 1.29 is 68.4 Å². The molecule has 0 aliphatic heterocycles. The van der Waals surface area contributed by atoms with Crippen LogP contribution < -0.4 is 20.8 Å². The molecular formula is C38H68CaN4O12+2. The molecule has 0 bridgehead atoms. The fourth-order valence-corrected chi connectivity index (χ4v) is 5.99. The summed E-state index contributed by atoms with van der Waals surface area (Å²) in [6.07, 6.45) is 14.0. The number of quaternary nitrogens is 2. The number of hydrogen-bond donors (Lipinski definition) is 6. The number of carboxylic acids is 4. The van der Waals surface area contributed by atoms with Crippen LogP contribution in [0, 0.1) is 0 Å². The molecule has 55 heavy (non-hydrogen) atoms. The van der Waals surface area contributed by atoms with E-state index in [1.807, 2.05) is 12.2 Å². The molecule has 2 atom stereocenters. The summed E-state index contributed by atoms with van der Waals surface area (Å²) in [5.74, 6) is -4.42. The summed E-state index contributed by atoms with van der Waals surface area (Å²) in [4.78, 5) is 66.6. The number of unbranched alkanes of at least 4 members (excludes halogenated alkanes) is 4. The van der Waals surface area contributed by atoms with Gasteiger partial charge >= 0.3 is 49.7 Å². The first kappa shape index (κ1) is 56.7. The van der Waals surface area contributed by atoms with Crippen molar-refractivity contribution in [2.45, 2.75) is 104 Å². The molecule has 0 aliphatic carbocycles. The summed E-state index contributed by atoms with van der Waals surface area (Å²) >= 11 is 0. The Hall–Kier alpha value is -2.60. The Balaban J connectivity index is -0.000000966. The number of carboxylic acid groups (broad SMARTS) is 4. The summed E-state index contributed by atoms with van der Waals surface area (Å²) in [5.41, 5.74) is 0. The Labute approximate surface area is 357 Å². The molecule has 0 aromatic carbocycles. The van der Waals surface area contributed by atoms with Gasteiger partial charge in [-0.25, -0.2) is 0 Å². The number of carbonyl (C=O) groups is 6. The van der Waals surface area contributed by atoms with Crippen molar-refractivity contribution in [2.24, 2.45) is 0 Å². The zero-order valence-corrected chi connectivity index (χ0v) is 35.6. The van der Waals surface area contributed by atoms with Crippen LogP contribution >= 0.6 is 0 Å². The molecule has 17 heteroatoms. The van der Waals surface area contributed by atoms with E-state index in [1.165, 1.54) is 12.2 Å². The van der Waals surface area contributed by atoms with E-state index in [0.717, 1.165) is 38.5 Å². The van der Waals surface area contributed by atoms with Crippen LogP contribution in [0.3, 0.4) is 0 Å². The Kier molecular flexibility index (Phi) is 38.2. The molecule has 0 aliphatic rings. The maximum absolute atomic E-state index is 11.8. The Morgan fingerprint density at radius 3 is 1.13 bits per heavy atom. The third kappa shape index (κ3) is 35.6. The topological polar surface area (TPSA) is 254 Å². The molecule has 2 unspecified atom stereocenters. The average molecular weight is 813 g/mol. The second kappa shape index (κ2) is 37.0. The predicted octanol–water partition coefficient (Wildman–Crippen LogP) is -0.275. The first-order valence-corrected chi connectivity index (χ1v) is 19.3. The van der Waals surface area contributed by atoms with E-state index in [2.05, 4.69) is 24.5 Å². The van der Waals surface area contributed by atoms with Gasteiger partial charge in [0.05, 0.1) is 78.4 Å². The van der Waals surface area contributed by atoms with Gasteiger partial charge in [0.1, 0.15) is 13.1 Å². The van der Waals surface area contributed by atoms with Gasteiger partial charge in [-0.1, -0.05) is 51.7 Å². The molecule has 16 nitrogen and oxygen atoms in total. The SMILES string of the molecule is CCCC/C=C/C(=O)NCC[N+](CCO)(CCCC(=O)[O-])CCCC(=O)O.CCCC/C=C/C(=O)NCC[N+](CCO)(CCCC(=O)[O-])CCCC(=O)O.[Ca+2]. The maximum Gasteiger partial charge on any atom is 2.00 e. The molecule has 0 heterocycles. The number of allylic oxidation sites excluding steroid dienone is 2. The van der Waals surface area contributed by atoms with E-state index in [0.29, 0.717) is 100 Å². The number of hydrogen-bond acceptors (Lipinski definition) is 10. The number of amides is 2. The first-order chi connectivity index (χ1) is 25.7. The molecule has 0 fully saturated rings. The normalized spacial score (nSPS) is 13.2.